The zero-order valence-corrected chi connectivity index (χ0v) is 27.1. The molecule has 5 heterocycles. The number of benzene rings is 2. The van der Waals surface area contributed by atoms with Crippen LogP contribution in [0, 0.1) is 11.7 Å². The number of aryl methyl sites for hydroxylation is 2. The van der Waals surface area contributed by atoms with E-state index in [1.54, 1.807) is 23.5 Å². The van der Waals surface area contributed by atoms with Gasteiger partial charge in [-0.25, -0.2) is 9.18 Å². The standard InChI is InChI=1S/C33H41FN10O3/c1-39-20-22(18-36-39)23-15-26(35)30(47-3)17-28(23)42-7-4-21(5-8-42)19-41-10-12-43(13-11-41)29-16-27-24(14-25(29)34)32(38-40(27)2)44-9-6-31(45)37-33(44)46/h14-18,20-21H,4-13,19,35H2,1-3H3,(H,37,45,46). The summed E-state index contributed by atoms with van der Waals surface area (Å²) in [6.45, 7) is 6.29. The van der Waals surface area contributed by atoms with Gasteiger partial charge >= 0.3 is 6.03 Å². The van der Waals surface area contributed by atoms with Gasteiger partial charge in [0.1, 0.15) is 11.6 Å². The lowest BCUT2D eigenvalue weighted by molar-refractivity contribution is -0.120. The summed E-state index contributed by atoms with van der Waals surface area (Å²) in [5.41, 5.74) is 11.4. The number of carbonyl (C=O) groups excluding carboxylic acids is 2. The highest BCUT2D eigenvalue weighted by atomic mass is 19.1. The van der Waals surface area contributed by atoms with Gasteiger partial charge in [-0.15, -0.1) is 0 Å². The van der Waals surface area contributed by atoms with Crippen LogP contribution in [0.15, 0.2) is 36.7 Å². The lowest BCUT2D eigenvalue weighted by Gasteiger charge is -2.40. The first-order valence-electron chi connectivity index (χ1n) is 16.1. The number of hydrogen-bond acceptors (Lipinski definition) is 9. The minimum absolute atomic E-state index is 0.179. The maximum Gasteiger partial charge on any atom is 0.329 e. The molecule has 3 amide bonds. The molecule has 0 unspecified atom stereocenters. The fourth-order valence-electron chi connectivity index (χ4n) is 7.16. The summed E-state index contributed by atoms with van der Waals surface area (Å²) in [5.74, 6) is 0.959. The predicted octanol–water partition coefficient (Wildman–Crippen LogP) is 3.19. The van der Waals surface area contributed by atoms with Gasteiger partial charge in [0.2, 0.25) is 5.91 Å². The summed E-state index contributed by atoms with van der Waals surface area (Å²) >= 11 is 0. The number of aromatic nitrogens is 4. The van der Waals surface area contributed by atoms with Crippen molar-refractivity contribution in [2.75, 3.05) is 79.9 Å². The van der Waals surface area contributed by atoms with Crippen LogP contribution in [0.4, 0.5) is 32.1 Å². The molecule has 4 aromatic rings. The number of piperidine rings is 1. The van der Waals surface area contributed by atoms with Gasteiger partial charge in [0, 0.05) is 107 Å². The van der Waals surface area contributed by atoms with E-state index in [0.717, 1.165) is 81.0 Å². The summed E-state index contributed by atoms with van der Waals surface area (Å²) in [7, 11) is 5.35. The lowest BCUT2D eigenvalue weighted by atomic mass is 9.94. The van der Waals surface area contributed by atoms with Crippen molar-refractivity contribution < 1.29 is 18.7 Å². The Morgan fingerprint density at radius 2 is 1.72 bits per heavy atom. The zero-order chi connectivity index (χ0) is 32.8. The van der Waals surface area contributed by atoms with E-state index < -0.39 is 6.03 Å². The Bertz CT molecular complexity index is 1820. The van der Waals surface area contributed by atoms with Crippen LogP contribution in [0.5, 0.6) is 5.75 Å². The van der Waals surface area contributed by atoms with Crippen LogP contribution >= 0.6 is 0 Å². The lowest BCUT2D eigenvalue weighted by Crippen LogP contribution is -2.49. The summed E-state index contributed by atoms with van der Waals surface area (Å²) in [6, 6.07) is 6.79. The quantitative estimate of drug-likeness (QED) is 0.292. The molecule has 3 aliphatic heterocycles. The highest BCUT2D eigenvalue weighted by Crippen LogP contribution is 2.40. The molecule has 47 heavy (non-hydrogen) atoms. The second-order valence-electron chi connectivity index (χ2n) is 12.8. The van der Waals surface area contributed by atoms with Crippen LogP contribution in [0.3, 0.4) is 0 Å². The van der Waals surface area contributed by atoms with Crippen molar-refractivity contribution in [2.45, 2.75) is 19.3 Å². The van der Waals surface area contributed by atoms with Crippen molar-refractivity contribution in [3.05, 3.63) is 42.5 Å². The van der Waals surface area contributed by atoms with Gasteiger partial charge < -0.3 is 20.3 Å². The van der Waals surface area contributed by atoms with Gasteiger partial charge in [-0.05, 0) is 37.0 Å². The first-order valence-corrected chi connectivity index (χ1v) is 16.1. The van der Waals surface area contributed by atoms with Crippen LogP contribution in [-0.2, 0) is 18.9 Å². The number of carbonyl (C=O) groups is 2. The van der Waals surface area contributed by atoms with E-state index in [1.807, 2.05) is 37.6 Å². The molecule has 2 aromatic carbocycles. The molecule has 0 saturated carbocycles. The molecule has 0 bridgehead atoms. The normalized spacial score (nSPS) is 18.3. The molecule has 0 aliphatic carbocycles. The Labute approximate surface area is 272 Å². The monoisotopic (exact) mass is 644 g/mol. The first-order chi connectivity index (χ1) is 22.7. The molecule has 14 heteroatoms. The van der Waals surface area contributed by atoms with E-state index >= 15 is 4.39 Å². The zero-order valence-electron chi connectivity index (χ0n) is 27.1. The van der Waals surface area contributed by atoms with Gasteiger partial charge in [-0.3, -0.25) is 29.3 Å². The van der Waals surface area contributed by atoms with Crippen LogP contribution in [0.25, 0.3) is 22.0 Å². The fourth-order valence-corrected chi connectivity index (χ4v) is 7.16. The second kappa shape index (κ2) is 12.4. The summed E-state index contributed by atoms with van der Waals surface area (Å²) in [5, 5.41) is 11.7. The van der Waals surface area contributed by atoms with Crippen LogP contribution < -0.4 is 30.5 Å². The van der Waals surface area contributed by atoms with E-state index in [4.69, 9.17) is 10.5 Å². The number of urea groups is 1. The number of anilines is 4. The molecule has 3 N–H and O–H groups in total. The first kappa shape index (κ1) is 30.8. The van der Waals surface area contributed by atoms with Gasteiger partial charge in [0.15, 0.2) is 5.82 Å². The molecule has 7 rings (SSSR count). The number of rotatable bonds is 7. The molecule has 0 radical (unpaired) electrons. The van der Waals surface area contributed by atoms with E-state index in [1.165, 1.54) is 11.0 Å². The average molecular weight is 645 g/mol. The molecule has 3 saturated heterocycles. The van der Waals surface area contributed by atoms with Gasteiger partial charge in [0.05, 0.1) is 30.2 Å². The van der Waals surface area contributed by atoms with Gasteiger partial charge in [-0.2, -0.15) is 10.2 Å². The van der Waals surface area contributed by atoms with Crippen LogP contribution in [0.2, 0.25) is 0 Å². The van der Waals surface area contributed by atoms with E-state index in [9.17, 15) is 9.59 Å². The number of piperazine rings is 1. The largest absolute Gasteiger partial charge is 0.495 e. The maximum atomic E-state index is 15.6. The van der Waals surface area contributed by atoms with Crippen LogP contribution in [-0.4, -0.2) is 95.9 Å². The van der Waals surface area contributed by atoms with Gasteiger partial charge in [-0.1, -0.05) is 0 Å². The maximum absolute atomic E-state index is 15.6. The number of nitrogens with zero attached hydrogens (tertiary/aromatic N) is 8. The third-order valence-electron chi connectivity index (χ3n) is 9.76. The number of halogens is 1. The minimum atomic E-state index is -0.535. The fraction of sp³-hybridized carbons (Fsp3) is 0.455. The molecule has 248 valence electrons. The Morgan fingerprint density at radius 1 is 0.979 bits per heavy atom. The number of imide groups is 1. The van der Waals surface area contributed by atoms with Crippen molar-refractivity contribution in [1.29, 1.82) is 0 Å². The topological polar surface area (TPSA) is 130 Å². The van der Waals surface area contributed by atoms with E-state index in [2.05, 4.69) is 30.2 Å². The van der Waals surface area contributed by atoms with Gasteiger partial charge in [0.25, 0.3) is 0 Å². The summed E-state index contributed by atoms with van der Waals surface area (Å²) < 4.78 is 24.6. The van der Waals surface area contributed by atoms with E-state index in [-0.39, 0.29) is 24.7 Å². The predicted molar refractivity (Wildman–Crippen MR) is 179 cm³/mol. The third kappa shape index (κ3) is 5.93. The Kier molecular flexibility index (Phi) is 8.12. The number of amides is 3. The molecule has 0 spiro atoms. The number of nitrogens with two attached hydrogens (primary N) is 1. The number of nitrogens with one attached hydrogen (secondary N) is 1. The molecule has 13 nitrogen and oxygen atoms in total. The molecule has 3 fully saturated rings. The summed E-state index contributed by atoms with van der Waals surface area (Å²) in [4.78, 5) is 32.5. The number of methoxy groups -OCH3 is 1. The molecular weight excluding hydrogens is 603 g/mol. The van der Waals surface area contributed by atoms with Crippen molar-refractivity contribution >= 4 is 45.7 Å². The molecule has 2 aromatic heterocycles. The Morgan fingerprint density at radius 3 is 2.40 bits per heavy atom. The average Bonchev–Trinajstić information content (AvgIpc) is 3.63. The van der Waals surface area contributed by atoms with Crippen LogP contribution in [0.1, 0.15) is 19.3 Å². The van der Waals surface area contributed by atoms with Crippen molar-refractivity contribution in [1.82, 2.24) is 29.8 Å². The Hall–Kier alpha value is -4.85. The van der Waals surface area contributed by atoms with Crippen molar-refractivity contribution in [2.24, 2.45) is 20.0 Å². The number of hydrogen-bond donors (Lipinski definition) is 2. The van der Waals surface area contributed by atoms with Crippen molar-refractivity contribution in [3.8, 4) is 16.9 Å². The highest BCUT2D eigenvalue weighted by molar-refractivity contribution is 6.09. The Balaban J connectivity index is 0.976. The molecule has 0 atom stereocenters. The summed E-state index contributed by atoms with van der Waals surface area (Å²) in [6.07, 6.45) is 6.22. The second-order valence-corrected chi connectivity index (χ2v) is 12.8. The SMILES string of the molecule is COc1cc(N2CCC(CN3CCN(c4cc5c(cc4F)c(N4CCC(=O)NC4=O)nn5C)CC3)CC2)c(-c2cnn(C)c2)cc1N. The smallest absolute Gasteiger partial charge is 0.329 e. The minimum Gasteiger partial charge on any atom is -0.495 e. The highest BCUT2D eigenvalue weighted by Gasteiger charge is 2.30. The number of nitrogen functional groups attached to an aromatic ring is 1. The number of fused-ring (bicyclic) bond motifs is 1. The van der Waals surface area contributed by atoms with Crippen molar-refractivity contribution in [3.63, 3.8) is 0 Å². The molecule has 3 aliphatic rings. The number of ether oxygens (including phenoxy) is 1. The third-order valence-corrected chi connectivity index (χ3v) is 9.76. The molecular formula is C33H41FN10O3. The van der Waals surface area contributed by atoms with E-state index in [0.29, 0.717) is 34.2 Å².